The molecule has 6 aromatic carbocycles. The first-order valence-corrected chi connectivity index (χ1v) is 20.7. The van der Waals surface area contributed by atoms with Gasteiger partial charge in [-0.1, -0.05) is 127 Å². The van der Waals surface area contributed by atoms with Gasteiger partial charge in [-0.05, 0) is 120 Å². The molecule has 0 aliphatic heterocycles. The molecule has 1 N–H and O–H groups in total. The number of halogens is 1. The van der Waals surface area contributed by atoms with Crippen LogP contribution in [0.2, 0.25) is 0 Å². The minimum absolute atomic E-state index is 0.168. The highest BCUT2D eigenvalue weighted by molar-refractivity contribution is 6.09. The number of nitrogens with one attached hydrogen (secondary N) is 1. The lowest BCUT2D eigenvalue weighted by atomic mass is 9.71. The zero-order chi connectivity index (χ0) is 39.5. The molecule has 0 fully saturated rings. The van der Waals surface area contributed by atoms with E-state index in [9.17, 15) is 4.39 Å². The lowest BCUT2D eigenvalue weighted by Gasteiger charge is -2.50. The molecule has 0 radical (unpaired) electrons. The Balaban J connectivity index is 1.30. The Morgan fingerprint density at radius 3 is 1.84 bits per heavy atom. The van der Waals surface area contributed by atoms with Crippen molar-refractivity contribution in [2.75, 3.05) is 10.2 Å². The number of anilines is 4. The van der Waals surface area contributed by atoms with Gasteiger partial charge in [0.1, 0.15) is 5.82 Å². The zero-order valence-electron chi connectivity index (χ0n) is 34.4. The van der Waals surface area contributed by atoms with Crippen LogP contribution in [0.15, 0.2) is 140 Å². The Kier molecular flexibility index (Phi) is 11.4. The normalized spacial score (nSPS) is 13.5. The van der Waals surface area contributed by atoms with Gasteiger partial charge in [-0.2, -0.15) is 0 Å². The van der Waals surface area contributed by atoms with Crippen molar-refractivity contribution in [1.82, 2.24) is 4.57 Å². The third kappa shape index (κ3) is 7.46. The first-order chi connectivity index (χ1) is 27.1. The van der Waals surface area contributed by atoms with Crippen LogP contribution in [0.4, 0.5) is 27.1 Å². The van der Waals surface area contributed by atoms with Gasteiger partial charge in [0.15, 0.2) is 0 Å². The molecule has 56 heavy (non-hydrogen) atoms. The molecule has 0 saturated heterocycles. The molecule has 0 spiro atoms. The molecular formula is C52H58FN3. The molecule has 0 saturated carbocycles. The summed E-state index contributed by atoms with van der Waals surface area (Å²) in [5.41, 5.74) is 11.9. The SMILES string of the molecule is CCCCC(CC)(C(CC)c1ccc2c3ccc(Nc4ccc(F)cc4)cc3n(C)c2c1)N(c1ccccc1)c1ccc(-c2ccc(C(C)(C)CC)cc2)cc1. The van der Waals surface area contributed by atoms with Gasteiger partial charge in [0, 0.05) is 52.0 Å². The fourth-order valence-corrected chi connectivity index (χ4v) is 9.01. The standard InChI is InChI=1S/C52H58FN3/c1-8-12-34-52(11-4,56(44-16-14-13-15-17-44)45-30-20-38(21-31-45)37-18-23-40(24-19-37)51(5,6)10-3)48(9-2)39-22-32-46-47-33-29-43(36-50(47)55(7)49(46)35-39)54-42-27-25-41(53)26-28-42/h13-33,35-36,48,54H,8-12,34H2,1-7H3. The lowest BCUT2D eigenvalue weighted by Crippen LogP contribution is -2.50. The van der Waals surface area contributed by atoms with Crippen molar-refractivity contribution in [3.8, 4) is 11.1 Å². The fourth-order valence-electron chi connectivity index (χ4n) is 9.01. The van der Waals surface area contributed by atoms with Crippen molar-refractivity contribution in [2.45, 2.75) is 96.9 Å². The van der Waals surface area contributed by atoms with Crippen LogP contribution in [-0.4, -0.2) is 10.1 Å². The van der Waals surface area contributed by atoms with E-state index in [-0.39, 0.29) is 22.7 Å². The molecule has 7 aromatic rings. The van der Waals surface area contributed by atoms with E-state index in [1.807, 2.05) is 0 Å². The number of aryl methyl sites for hydroxylation is 1. The van der Waals surface area contributed by atoms with Crippen molar-refractivity contribution in [3.63, 3.8) is 0 Å². The molecular weight excluding hydrogens is 686 g/mol. The van der Waals surface area contributed by atoms with E-state index in [4.69, 9.17) is 0 Å². The van der Waals surface area contributed by atoms with Gasteiger partial charge in [0.2, 0.25) is 0 Å². The molecule has 0 amide bonds. The smallest absolute Gasteiger partial charge is 0.123 e. The maximum atomic E-state index is 13.6. The Labute approximate surface area is 334 Å². The maximum Gasteiger partial charge on any atom is 0.123 e. The van der Waals surface area contributed by atoms with E-state index in [0.717, 1.165) is 49.9 Å². The van der Waals surface area contributed by atoms with Crippen molar-refractivity contribution >= 4 is 44.6 Å². The second-order valence-corrected chi connectivity index (χ2v) is 16.3. The van der Waals surface area contributed by atoms with Crippen molar-refractivity contribution < 1.29 is 4.39 Å². The van der Waals surface area contributed by atoms with E-state index in [2.05, 4.69) is 179 Å². The van der Waals surface area contributed by atoms with Crippen LogP contribution in [0.5, 0.6) is 0 Å². The third-order valence-corrected chi connectivity index (χ3v) is 12.7. The molecule has 288 valence electrons. The third-order valence-electron chi connectivity index (χ3n) is 12.7. The average Bonchev–Trinajstić information content (AvgIpc) is 3.51. The van der Waals surface area contributed by atoms with Crippen LogP contribution in [0.25, 0.3) is 32.9 Å². The highest BCUT2D eigenvalue weighted by atomic mass is 19.1. The van der Waals surface area contributed by atoms with Gasteiger partial charge in [-0.3, -0.25) is 0 Å². The van der Waals surface area contributed by atoms with E-state index in [1.165, 1.54) is 67.6 Å². The molecule has 1 heterocycles. The number of nitrogens with zero attached hydrogens (tertiary/aromatic N) is 2. The van der Waals surface area contributed by atoms with Gasteiger partial charge in [-0.15, -0.1) is 0 Å². The first kappa shape index (κ1) is 38.9. The van der Waals surface area contributed by atoms with Crippen molar-refractivity contribution in [2.24, 2.45) is 7.05 Å². The van der Waals surface area contributed by atoms with Crippen molar-refractivity contribution in [1.29, 1.82) is 0 Å². The topological polar surface area (TPSA) is 20.2 Å². The van der Waals surface area contributed by atoms with Crippen LogP contribution < -0.4 is 10.2 Å². The Bertz CT molecular complexity index is 2370. The summed E-state index contributed by atoms with van der Waals surface area (Å²) in [7, 11) is 2.18. The number of rotatable bonds is 15. The summed E-state index contributed by atoms with van der Waals surface area (Å²) in [6, 6.07) is 49.8. The molecule has 0 aliphatic carbocycles. The monoisotopic (exact) mass is 743 g/mol. The van der Waals surface area contributed by atoms with Crippen LogP contribution in [0.3, 0.4) is 0 Å². The predicted molar refractivity (Wildman–Crippen MR) is 239 cm³/mol. The zero-order valence-corrected chi connectivity index (χ0v) is 34.4. The number of hydrogen-bond donors (Lipinski definition) is 1. The minimum Gasteiger partial charge on any atom is -0.355 e. The number of unbranched alkanes of at least 4 members (excludes halogenated alkanes) is 1. The summed E-state index contributed by atoms with van der Waals surface area (Å²) < 4.78 is 15.9. The largest absolute Gasteiger partial charge is 0.355 e. The first-order valence-electron chi connectivity index (χ1n) is 20.7. The maximum absolute atomic E-state index is 13.6. The van der Waals surface area contributed by atoms with Gasteiger partial charge in [-0.25, -0.2) is 4.39 Å². The molecule has 2 unspecified atom stereocenters. The highest BCUT2D eigenvalue weighted by Crippen LogP contribution is 2.49. The van der Waals surface area contributed by atoms with E-state index in [0.29, 0.717) is 0 Å². The summed E-state index contributed by atoms with van der Waals surface area (Å²) in [6.07, 6.45) is 6.49. The molecule has 0 aliphatic rings. The summed E-state index contributed by atoms with van der Waals surface area (Å²) in [5.74, 6) is 0.0343. The molecule has 7 rings (SSSR count). The fraction of sp³-hybridized carbons (Fsp3) is 0.308. The second-order valence-electron chi connectivity index (χ2n) is 16.3. The molecule has 0 bridgehead atoms. The van der Waals surface area contributed by atoms with Crippen molar-refractivity contribution in [3.05, 3.63) is 156 Å². The Hall–Kier alpha value is -5.35. The van der Waals surface area contributed by atoms with E-state index >= 15 is 0 Å². The van der Waals surface area contributed by atoms with E-state index in [1.54, 1.807) is 12.1 Å². The van der Waals surface area contributed by atoms with Crippen LogP contribution >= 0.6 is 0 Å². The lowest BCUT2D eigenvalue weighted by molar-refractivity contribution is 0.290. The quantitative estimate of drug-likeness (QED) is 0.113. The molecule has 4 heteroatoms. The summed E-state index contributed by atoms with van der Waals surface area (Å²) in [5, 5.41) is 5.95. The molecule has 2 atom stereocenters. The number of para-hydroxylation sites is 1. The van der Waals surface area contributed by atoms with Crippen LogP contribution in [0.1, 0.15) is 97.1 Å². The summed E-state index contributed by atoms with van der Waals surface area (Å²) in [6.45, 7) is 14.0. The molecule has 3 nitrogen and oxygen atoms in total. The average molecular weight is 744 g/mol. The number of aromatic nitrogens is 1. The van der Waals surface area contributed by atoms with Crippen LogP contribution in [0, 0.1) is 5.82 Å². The van der Waals surface area contributed by atoms with Gasteiger partial charge >= 0.3 is 0 Å². The number of fused-ring (bicyclic) bond motifs is 3. The predicted octanol–water partition coefficient (Wildman–Crippen LogP) is 15.2. The molecule has 1 aromatic heterocycles. The van der Waals surface area contributed by atoms with Gasteiger partial charge in [0.25, 0.3) is 0 Å². The highest BCUT2D eigenvalue weighted by Gasteiger charge is 2.43. The number of benzene rings is 6. The number of hydrogen-bond acceptors (Lipinski definition) is 2. The van der Waals surface area contributed by atoms with Gasteiger partial charge in [0.05, 0.1) is 11.1 Å². The van der Waals surface area contributed by atoms with Gasteiger partial charge < -0.3 is 14.8 Å². The summed E-state index contributed by atoms with van der Waals surface area (Å²) >= 11 is 0. The van der Waals surface area contributed by atoms with Crippen LogP contribution in [-0.2, 0) is 12.5 Å². The Morgan fingerprint density at radius 2 is 1.23 bits per heavy atom. The van der Waals surface area contributed by atoms with E-state index < -0.39 is 0 Å². The second kappa shape index (κ2) is 16.4. The minimum atomic E-state index is -0.236. The summed E-state index contributed by atoms with van der Waals surface area (Å²) in [4.78, 5) is 2.69. The Morgan fingerprint density at radius 1 is 0.643 bits per heavy atom.